The number of para-hydroxylation sites is 1. The number of likely N-dealkylation sites (tertiary alicyclic amines) is 1. The zero-order chi connectivity index (χ0) is 24.0. The van der Waals surface area contributed by atoms with E-state index in [2.05, 4.69) is 5.32 Å². The molecule has 1 N–H and O–H groups in total. The molecule has 2 aromatic carbocycles. The van der Waals surface area contributed by atoms with Gasteiger partial charge in [0.05, 0.1) is 22.9 Å². The Kier molecular flexibility index (Phi) is 8.00. The summed E-state index contributed by atoms with van der Waals surface area (Å²) in [5, 5.41) is 2.91. The molecule has 2 aliphatic rings. The molecule has 2 saturated heterocycles. The Morgan fingerprint density at radius 1 is 0.912 bits per heavy atom. The minimum Gasteiger partial charge on any atom is -0.339 e. The zero-order valence-electron chi connectivity index (χ0n) is 19.5. The van der Waals surface area contributed by atoms with E-state index in [1.165, 1.54) is 4.31 Å². The molecule has 0 radical (unpaired) electrons. The van der Waals surface area contributed by atoms with E-state index in [1.54, 1.807) is 24.3 Å². The Morgan fingerprint density at radius 2 is 1.62 bits per heavy atom. The van der Waals surface area contributed by atoms with Crippen LogP contribution < -0.4 is 5.32 Å². The van der Waals surface area contributed by atoms with Gasteiger partial charge in [-0.15, -0.1) is 0 Å². The van der Waals surface area contributed by atoms with Gasteiger partial charge in [0, 0.05) is 26.2 Å². The predicted molar refractivity (Wildman–Crippen MR) is 133 cm³/mol. The van der Waals surface area contributed by atoms with Crippen molar-refractivity contribution in [2.24, 2.45) is 5.92 Å². The Hall–Kier alpha value is -2.71. The molecule has 0 saturated carbocycles. The van der Waals surface area contributed by atoms with E-state index in [-0.39, 0.29) is 24.1 Å². The summed E-state index contributed by atoms with van der Waals surface area (Å²) in [6, 6.07) is 16.9. The number of anilines is 1. The number of amides is 2. The molecular formula is C26H33N3O4S. The Labute approximate surface area is 202 Å². The number of hydrogen-bond acceptors (Lipinski definition) is 4. The van der Waals surface area contributed by atoms with Crippen LogP contribution in [0.1, 0.15) is 48.0 Å². The molecule has 2 aromatic rings. The quantitative estimate of drug-likeness (QED) is 0.622. The number of carbonyl (C=O) groups excluding carboxylic acids is 2. The number of nitrogens with zero attached hydrogens (tertiary/aromatic N) is 2. The Morgan fingerprint density at radius 3 is 2.38 bits per heavy atom. The lowest BCUT2D eigenvalue weighted by Gasteiger charge is -2.31. The number of rotatable bonds is 8. The summed E-state index contributed by atoms with van der Waals surface area (Å²) >= 11 is 0. The monoisotopic (exact) mass is 483 g/mol. The fourth-order valence-electron chi connectivity index (χ4n) is 4.75. The summed E-state index contributed by atoms with van der Waals surface area (Å²) in [6.45, 7) is 2.10. The van der Waals surface area contributed by atoms with Crippen molar-refractivity contribution in [1.82, 2.24) is 9.21 Å². The van der Waals surface area contributed by atoms with E-state index in [0.717, 1.165) is 31.5 Å². The molecule has 0 spiro atoms. The van der Waals surface area contributed by atoms with Crippen LogP contribution in [0.25, 0.3) is 0 Å². The van der Waals surface area contributed by atoms with Crippen molar-refractivity contribution in [2.75, 3.05) is 37.2 Å². The lowest BCUT2D eigenvalue weighted by atomic mass is 9.98. The lowest BCUT2D eigenvalue weighted by molar-refractivity contribution is -0.120. The topological polar surface area (TPSA) is 86.8 Å². The Balaban J connectivity index is 1.36. The van der Waals surface area contributed by atoms with Crippen LogP contribution in [0.2, 0.25) is 0 Å². The average Bonchev–Trinajstić information content (AvgIpc) is 3.40. The summed E-state index contributed by atoms with van der Waals surface area (Å²) in [7, 11) is -3.43. The first-order chi connectivity index (χ1) is 16.4. The van der Waals surface area contributed by atoms with Gasteiger partial charge < -0.3 is 10.2 Å². The number of piperidine rings is 1. The minimum atomic E-state index is -3.43. The maximum atomic E-state index is 13.1. The van der Waals surface area contributed by atoms with Gasteiger partial charge in [0.15, 0.2) is 0 Å². The number of sulfonamides is 1. The van der Waals surface area contributed by atoms with Gasteiger partial charge in [-0.1, -0.05) is 42.5 Å². The predicted octanol–water partition coefficient (Wildman–Crippen LogP) is 3.54. The summed E-state index contributed by atoms with van der Waals surface area (Å²) in [5.41, 5.74) is 2.10. The summed E-state index contributed by atoms with van der Waals surface area (Å²) in [4.78, 5) is 27.8. The van der Waals surface area contributed by atoms with Gasteiger partial charge >= 0.3 is 0 Å². The van der Waals surface area contributed by atoms with Crippen molar-refractivity contribution in [3.8, 4) is 0 Å². The first kappa shape index (κ1) is 24.4. The summed E-state index contributed by atoms with van der Waals surface area (Å²) in [6.07, 6.45) is 4.52. The summed E-state index contributed by atoms with van der Waals surface area (Å²) < 4.78 is 27.3. The second-order valence-corrected chi connectivity index (χ2v) is 11.2. The molecule has 1 atom stereocenters. The molecule has 4 rings (SSSR count). The van der Waals surface area contributed by atoms with Crippen molar-refractivity contribution >= 4 is 27.5 Å². The average molecular weight is 484 g/mol. The SMILES string of the molecule is O=C(Nc1ccccc1C(=O)N1CCCC1)[C@H]1CCCN(S(=O)(=O)CCCc2ccccc2)C1. The van der Waals surface area contributed by atoms with Gasteiger partial charge in [0.2, 0.25) is 15.9 Å². The Bertz CT molecular complexity index is 1100. The normalized spacial score (nSPS) is 19.2. The highest BCUT2D eigenvalue weighted by Gasteiger charge is 2.32. The summed E-state index contributed by atoms with van der Waals surface area (Å²) in [5.74, 6) is -0.665. The lowest BCUT2D eigenvalue weighted by Crippen LogP contribution is -2.44. The van der Waals surface area contributed by atoms with E-state index < -0.39 is 15.9 Å². The standard InChI is InChI=1S/C26H33N3O4S/c30-25(27-24-15-5-4-14-23(24)26(31)28-16-6-7-17-28)22-13-8-18-29(20-22)34(32,33)19-9-12-21-10-2-1-3-11-21/h1-5,10-11,14-15,22H,6-9,12-13,16-20H2,(H,27,30)/t22-/m0/s1. The third-order valence-corrected chi connectivity index (χ3v) is 8.59. The van der Waals surface area contributed by atoms with Gasteiger partial charge in [-0.3, -0.25) is 9.59 Å². The third-order valence-electron chi connectivity index (χ3n) is 6.67. The van der Waals surface area contributed by atoms with E-state index in [1.807, 2.05) is 35.2 Å². The van der Waals surface area contributed by atoms with Crippen LogP contribution in [-0.4, -0.2) is 61.4 Å². The fourth-order valence-corrected chi connectivity index (χ4v) is 6.33. The number of hydrogen-bond donors (Lipinski definition) is 1. The first-order valence-electron chi connectivity index (χ1n) is 12.1. The minimum absolute atomic E-state index is 0.0698. The van der Waals surface area contributed by atoms with E-state index >= 15 is 0 Å². The third kappa shape index (κ3) is 6.04. The van der Waals surface area contributed by atoms with Crippen LogP contribution >= 0.6 is 0 Å². The molecule has 2 aliphatic heterocycles. The number of benzene rings is 2. The second-order valence-electron chi connectivity index (χ2n) is 9.14. The molecule has 0 aliphatic carbocycles. The molecule has 182 valence electrons. The van der Waals surface area contributed by atoms with E-state index in [4.69, 9.17) is 0 Å². The fraction of sp³-hybridized carbons (Fsp3) is 0.462. The molecule has 2 fully saturated rings. The van der Waals surface area contributed by atoms with Gasteiger partial charge in [-0.05, 0) is 56.2 Å². The molecular weight excluding hydrogens is 450 g/mol. The molecule has 2 amide bonds. The zero-order valence-corrected chi connectivity index (χ0v) is 20.3. The molecule has 7 nitrogen and oxygen atoms in total. The maximum Gasteiger partial charge on any atom is 0.255 e. The second kappa shape index (κ2) is 11.1. The molecule has 0 bridgehead atoms. The van der Waals surface area contributed by atoms with Gasteiger partial charge in [0.25, 0.3) is 5.91 Å². The van der Waals surface area contributed by atoms with Crippen LogP contribution in [0.5, 0.6) is 0 Å². The molecule has 34 heavy (non-hydrogen) atoms. The van der Waals surface area contributed by atoms with Gasteiger partial charge in [0.1, 0.15) is 0 Å². The van der Waals surface area contributed by atoms with Crippen LogP contribution in [0.15, 0.2) is 54.6 Å². The molecule has 0 aromatic heterocycles. The van der Waals surface area contributed by atoms with E-state index in [9.17, 15) is 18.0 Å². The smallest absolute Gasteiger partial charge is 0.255 e. The highest BCUT2D eigenvalue weighted by Crippen LogP contribution is 2.24. The van der Waals surface area contributed by atoms with Crippen molar-refractivity contribution < 1.29 is 18.0 Å². The highest BCUT2D eigenvalue weighted by molar-refractivity contribution is 7.89. The highest BCUT2D eigenvalue weighted by atomic mass is 32.2. The number of nitrogens with one attached hydrogen (secondary N) is 1. The molecule has 2 heterocycles. The van der Waals surface area contributed by atoms with Gasteiger partial charge in [-0.2, -0.15) is 0 Å². The molecule has 0 unspecified atom stereocenters. The van der Waals surface area contributed by atoms with E-state index in [0.29, 0.717) is 43.5 Å². The number of carbonyl (C=O) groups is 2. The maximum absolute atomic E-state index is 13.1. The van der Waals surface area contributed by atoms with Crippen LogP contribution in [0.4, 0.5) is 5.69 Å². The van der Waals surface area contributed by atoms with Gasteiger partial charge in [-0.25, -0.2) is 12.7 Å². The van der Waals surface area contributed by atoms with Crippen molar-refractivity contribution in [2.45, 2.75) is 38.5 Å². The van der Waals surface area contributed by atoms with Crippen LogP contribution in [0, 0.1) is 5.92 Å². The van der Waals surface area contributed by atoms with Crippen molar-refractivity contribution in [3.05, 3.63) is 65.7 Å². The van der Waals surface area contributed by atoms with Crippen LogP contribution in [-0.2, 0) is 21.2 Å². The number of aryl methyl sites for hydroxylation is 1. The van der Waals surface area contributed by atoms with Crippen molar-refractivity contribution in [3.63, 3.8) is 0 Å². The largest absolute Gasteiger partial charge is 0.339 e. The first-order valence-corrected chi connectivity index (χ1v) is 13.8. The van der Waals surface area contributed by atoms with Crippen LogP contribution in [0.3, 0.4) is 0 Å². The van der Waals surface area contributed by atoms with Crippen molar-refractivity contribution in [1.29, 1.82) is 0 Å². The molecule has 8 heteroatoms.